The number of benzene rings is 1. The lowest BCUT2D eigenvalue weighted by Gasteiger charge is -2.28. The van der Waals surface area contributed by atoms with Gasteiger partial charge in [-0.15, -0.1) is 0 Å². The van der Waals surface area contributed by atoms with Crippen LogP contribution < -0.4 is 5.32 Å². The average molecular weight is 298 g/mol. The third-order valence-electron chi connectivity index (χ3n) is 4.29. The molecule has 1 aromatic rings. The molecule has 2 heterocycles. The van der Waals surface area contributed by atoms with Crippen LogP contribution in [0.4, 0.5) is 0 Å². The van der Waals surface area contributed by atoms with Gasteiger partial charge in [-0.3, -0.25) is 4.79 Å². The molecule has 0 aliphatic carbocycles. The van der Waals surface area contributed by atoms with E-state index in [1.807, 2.05) is 0 Å². The van der Waals surface area contributed by atoms with E-state index in [9.17, 15) is 4.79 Å². The Morgan fingerprint density at radius 3 is 2.47 bits per heavy atom. The quantitative estimate of drug-likeness (QED) is 0.851. The Morgan fingerprint density at radius 2 is 1.84 bits per heavy atom. The molecule has 102 valence electrons. The molecule has 0 saturated carbocycles. The fourth-order valence-corrected chi connectivity index (χ4v) is 3.69. The second-order valence-corrected chi connectivity index (χ2v) is 6.55. The normalized spacial score (nSPS) is 29.5. The number of carbonyl (C=O) groups is 1. The Bertz CT molecular complexity index is 491. The van der Waals surface area contributed by atoms with Crippen LogP contribution in [0.3, 0.4) is 0 Å². The van der Waals surface area contributed by atoms with Crippen molar-refractivity contribution in [1.29, 1.82) is 0 Å². The van der Waals surface area contributed by atoms with Gasteiger partial charge >= 0.3 is 0 Å². The lowest BCUT2D eigenvalue weighted by Crippen LogP contribution is -2.38. The minimum absolute atomic E-state index is 0.185. The summed E-state index contributed by atoms with van der Waals surface area (Å²) in [5.74, 6) is 0.700. The van der Waals surface area contributed by atoms with Gasteiger partial charge in [0, 0.05) is 24.1 Å². The predicted molar refractivity (Wildman–Crippen MR) is 78.1 cm³/mol. The highest BCUT2D eigenvalue weighted by Gasteiger charge is 2.34. The SMILES string of the molecule is O=C(CC1C[C@H]2CC[C@@H](C1)N2)c1ccc(Cl)c(Cl)c1. The molecule has 2 saturated heterocycles. The van der Waals surface area contributed by atoms with E-state index in [4.69, 9.17) is 23.2 Å². The number of nitrogens with one attached hydrogen (secondary N) is 1. The van der Waals surface area contributed by atoms with Crippen molar-refractivity contribution in [2.45, 2.75) is 44.2 Å². The largest absolute Gasteiger partial charge is 0.311 e. The lowest BCUT2D eigenvalue weighted by molar-refractivity contribution is 0.0945. The molecule has 19 heavy (non-hydrogen) atoms. The summed E-state index contributed by atoms with van der Waals surface area (Å²) in [5.41, 5.74) is 0.681. The van der Waals surface area contributed by atoms with Crippen molar-refractivity contribution in [2.75, 3.05) is 0 Å². The summed E-state index contributed by atoms with van der Waals surface area (Å²) in [6.07, 6.45) is 5.42. The van der Waals surface area contributed by atoms with Gasteiger partial charge in [0.15, 0.2) is 5.78 Å². The molecule has 1 N–H and O–H groups in total. The zero-order valence-corrected chi connectivity index (χ0v) is 12.2. The van der Waals surface area contributed by atoms with E-state index >= 15 is 0 Å². The zero-order valence-electron chi connectivity index (χ0n) is 10.7. The average Bonchev–Trinajstić information content (AvgIpc) is 2.72. The van der Waals surface area contributed by atoms with Crippen LogP contribution >= 0.6 is 23.2 Å². The Labute approximate surface area is 123 Å². The lowest BCUT2D eigenvalue weighted by atomic mass is 9.87. The summed E-state index contributed by atoms with van der Waals surface area (Å²) >= 11 is 11.8. The van der Waals surface area contributed by atoms with Gasteiger partial charge in [0.2, 0.25) is 0 Å². The monoisotopic (exact) mass is 297 g/mol. The minimum atomic E-state index is 0.185. The second kappa shape index (κ2) is 5.43. The molecule has 0 spiro atoms. The second-order valence-electron chi connectivity index (χ2n) is 5.73. The topological polar surface area (TPSA) is 29.1 Å². The van der Waals surface area contributed by atoms with Crippen molar-refractivity contribution < 1.29 is 4.79 Å². The summed E-state index contributed by atoms with van der Waals surface area (Å²) in [5, 5.41) is 4.55. The van der Waals surface area contributed by atoms with Crippen molar-refractivity contribution in [1.82, 2.24) is 5.32 Å². The van der Waals surface area contributed by atoms with Gasteiger partial charge in [0.25, 0.3) is 0 Å². The van der Waals surface area contributed by atoms with Gasteiger partial charge in [0.05, 0.1) is 10.0 Å². The number of hydrogen-bond acceptors (Lipinski definition) is 2. The van der Waals surface area contributed by atoms with Crippen LogP contribution in [0.2, 0.25) is 10.0 Å². The molecule has 2 fully saturated rings. The van der Waals surface area contributed by atoms with Crippen molar-refractivity contribution in [2.24, 2.45) is 5.92 Å². The number of fused-ring (bicyclic) bond motifs is 2. The van der Waals surface area contributed by atoms with Crippen molar-refractivity contribution in [3.05, 3.63) is 33.8 Å². The van der Waals surface area contributed by atoms with E-state index in [1.54, 1.807) is 18.2 Å². The summed E-state index contributed by atoms with van der Waals surface area (Å²) in [4.78, 5) is 12.3. The van der Waals surface area contributed by atoms with Gasteiger partial charge < -0.3 is 5.32 Å². The van der Waals surface area contributed by atoms with Crippen LogP contribution in [0.1, 0.15) is 42.5 Å². The minimum Gasteiger partial charge on any atom is -0.311 e. The summed E-state index contributed by atoms with van der Waals surface area (Å²) in [7, 11) is 0. The molecule has 4 heteroatoms. The third kappa shape index (κ3) is 2.96. The smallest absolute Gasteiger partial charge is 0.163 e. The molecule has 3 rings (SSSR count). The first kappa shape index (κ1) is 13.4. The summed E-state index contributed by atoms with van der Waals surface area (Å²) in [6, 6.07) is 6.41. The van der Waals surface area contributed by atoms with Gasteiger partial charge in [-0.25, -0.2) is 0 Å². The first-order valence-corrected chi connectivity index (χ1v) is 7.61. The van der Waals surface area contributed by atoms with Crippen LogP contribution in [-0.4, -0.2) is 17.9 Å². The van der Waals surface area contributed by atoms with Crippen molar-refractivity contribution in [3.8, 4) is 0 Å². The van der Waals surface area contributed by atoms with E-state index in [-0.39, 0.29) is 5.78 Å². The van der Waals surface area contributed by atoms with Crippen molar-refractivity contribution in [3.63, 3.8) is 0 Å². The number of carbonyl (C=O) groups excluding carboxylic acids is 1. The predicted octanol–water partition coefficient (Wildman–Crippen LogP) is 4.10. The maximum absolute atomic E-state index is 12.3. The number of piperidine rings is 1. The van der Waals surface area contributed by atoms with E-state index in [1.165, 1.54) is 12.8 Å². The van der Waals surface area contributed by atoms with Crippen LogP contribution in [0, 0.1) is 5.92 Å². The molecule has 3 atom stereocenters. The van der Waals surface area contributed by atoms with E-state index in [0.29, 0.717) is 40.0 Å². The first-order valence-electron chi connectivity index (χ1n) is 6.86. The molecule has 0 radical (unpaired) electrons. The van der Waals surface area contributed by atoms with Crippen LogP contribution in [-0.2, 0) is 0 Å². The number of rotatable bonds is 3. The van der Waals surface area contributed by atoms with Crippen LogP contribution in [0.15, 0.2) is 18.2 Å². The molecule has 1 aromatic carbocycles. The molecule has 2 bridgehead atoms. The third-order valence-corrected chi connectivity index (χ3v) is 5.03. The highest BCUT2D eigenvalue weighted by atomic mass is 35.5. The molecule has 0 amide bonds. The standard InChI is InChI=1S/C15H17Cl2NO/c16-13-4-1-10(8-14(13)17)15(19)7-9-5-11-2-3-12(6-9)18-11/h1,4,8-9,11-12,18H,2-3,5-7H2/t9?,11-,12+. The molecule has 0 aromatic heterocycles. The van der Waals surface area contributed by atoms with E-state index in [2.05, 4.69) is 5.32 Å². The number of Topliss-reactive ketones (excluding diaryl/α,β-unsaturated/α-hetero) is 1. The molecular weight excluding hydrogens is 281 g/mol. The molecular formula is C15H17Cl2NO. The molecule has 2 aliphatic heterocycles. The Kier molecular flexibility index (Phi) is 3.84. The van der Waals surface area contributed by atoms with E-state index < -0.39 is 0 Å². The highest BCUT2D eigenvalue weighted by molar-refractivity contribution is 6.42. The maximum Gasteiger partial charge on any atom is 0.163 e. The Balaban J connectivity index is 1.66. The molecule has 2 nitrogen and oxygen atoms in total. The fourth-order valence-electron chi connectivity index (χ4n) is 3.39. The van der Waals surface area contributed by atoms with Crippen molar-refractivity contribution >= 4 is 29.0 Å². The first-order chi connectivity index (χ1) is 9.11. The van der Waals surface area contributed by atoms with Gasteiger partial charge in [0.1, 0.15) is 0 Å². The van der Waals surface area contributed by atoms with Crippen LogP contribution in [0.5, 0.6) is 0 Å². The summed E-state index contributed by atoms with van der Waals surface area (Å²) < 4.78 is 0. The molecule has 1 unspecified atom stereocenters. The number of halogens is 2. The zero-order chi connectivity index (χ0) is 13.4. The van der Waals surface area contributed by atoms with Gasteiger partial charge in [-0.2, -0.15) is 0 Å². The molecule has 2 aliphatic rings. The maximum atomic E-state index is 12.3. The Hall–Kier alpha value is -0.570. The summed E-state index contributed by atoms with van der Waals surface area (Å²) in [6.45, 7) is 0. The highest BCUT2D eigenvalue weighted by Crippen LogP contribution is 2.33. The van der Waals surface area contributed by atoms with Crippen LogP contribution in [0.25, 0.3) is 0 Å². The van der Waals surface area contributed by atoms with Gasteiger partial charge in [-0.05, 0) is 49.8 Å². The Morgan fingerprint density at radius 1 is 1.16 bits per heavy atom. The number of hydrogen-bond donors (Lipinski definition) is 1. The number of ketones is 1. The van der Waals surface area contributed by atoms with E-state index in [0.717, 1.165) is 12.8 Å². The van der Waals surface area contributed by atoms with Gasteiger partial charge in [-0.1, -0.05) is 23.2 Å². The fraction of sp³-hybridized carbons (Fsp3) is 0.533.